The van der Waals surface area contributed by atoms with Gasteiger partial charge in [0.1, 0.15) is 0 Å². The van der Waals surface area contributed by atoms with Gasteiger partial charge in [0.25, 0.3) is 5.91 Å². The minimum absolute atomic E-state index is 0.212. The molecule has 0 aliphatic carbocycles. The first kappa shape index (κ1) is 9.85. The van der Waals surface area contributed by atoms with Crippen LogP contribution in [0.4, 0.5) is 0 Å². The zero-order valence-electron chi connectivity index (χ0n) is 9.28. The van der Waals surface area contributed by atoms with Gasteiger partial charge in [0, 0.05) is 24.7 Å². The van der Waals surface area contributed by atoms with Crippen LogP contribution in [0.3, 0.4) is 0 Å². The van der Waals surface area contributed by atoms with Crippen molar-refractivity contribution in [3.05, 3.63) is 35.4 Å². The van der Waals surface area contributed by atoms with Crippen LogP contribution < -0.4 is 5.32 Å². The molecule has 0 saturated carbocycles. The molecule has 1 N–H and O–H groups in total. The van der Waals surface area contributed by atoms with Gasteiger partial charge in [-0.15, -0.1) is 0 Å². The van der Waals surface area contributed by atoms with Gasteiger partial charge in [-0.05, 0) is 31.0 Å². The molecule has 2 aliphatic heterocycles. The van der Waals surface area contributed by atoms with Gasteiger partial charge in [0.2, 0.25) is 0 Å². The number of benzene rings is 1. The highest BCUT2D eigenvalue weighted by atomic mass is 16.2. The molecule has 3 rings (SSSR count). The highest BCUT2D eigenvalue weighted by Gasteiger charge is 2.32. The molecule has 1 aromatic rings. The maximum Gasteiger partial charge on any atom is 0.254 e. The molecule has 2 aliphatic rings. The van der Waals surface area contributed by atoms with Crippen LogP contribution in [0, 0.1) is 0 Å². The average Bonchev–Trinajstić information content (AvgIpc) is 2.69. The lowest BCUT2D eigenvalue weighted by Gasteiger charge is -2.31. The van der Waals surface area contributed by atoms with Crippen molar-refractivity contribution in [3.8, 4) is 0 Å². The van der Waals surface area contributed by atoms with E-state index in [9.17, 15) is 4.79 Å². The Labute approximate surface area is 95.4 Å². The molecule has 1 atom stereocenters. The molecule has 2 heterocycles. The summed E-state index contributed by atoms with van der Waals surface area (Å²) in [5, 5.41) is 3.37. The highest BCUT2D eigenvalue weighted by molar-refractivity contribution is 5.98. The molecule has 3 heteroatoms. The second-order valence-electron chi connectivity index (χ2n) is 4.59. The van der Waals surface area contributed by atoms with E-state index in [0.717, 1.165) is 31.6 Å². The van der Waals surface area contributed by atoms with Crippen molar-refractivity contribution < 1.29 is 4.79 Å². The van der Waals surface area contributed by atoms with Crippen molar-refractivity contribution in [2.45, 2.75) is 25.4 Å². The molecule has 0 bridgehead atoms. The second kappa shape index (κ2) is 3.91. The number of hydrogen-bond donors (Lipinski definition) is 1. The topological polar surface area (TPSA) is 32.3 Å². The summed E-state index contributed by atoms with van der Waals surface area (Å²) in [7, 11) is 0. The molecule has 0 aromatic heterocycles. The quantitative estimate of drug-likeness (QED) is 0.769. The summed E-state index contributed by atoms with van der Waals surface area (Å²) in [6.07, 6.45) is 2.30. The van der Waals surface area contributed by atoms with Crippen LogP contribution in [0.25, 0.3) is 0 Å². The van der Waals surface area contributed by atoms with Gasteiger partial charge in [-0.3, -0.25) is 4.79 Å². The maximum atomic E-state index is 12.2. The van der Waals surface area contributed by atoms with E-state index in [4.69, 9.17) is 0 Å². The van der Waals surface area contributed by atoms with Gasteiger partial charge < -0.3 is 10.2 Å². The van der Waals surface area contributed by atoms with Crippen molar-refractivity contribution in [3.63, 3.8) is 0 Å². The van der Waals surface area contributed by atoms with Gasteiger partial charge in [-0.25, -0.2) is 0 Å². The molecule has 1 fully saturated rings. The Morgan fingerprint density at radius 1 is 1.31 bits per heavy atom. The van der Waals surface area contributed by atoms with E-state index in [0.29, 0.717) is 6.04 Å². The number of piperidine rings is 1. The molecule has 1 aromatic carbocycles. The normalized spacial score (nSPS) is 24.6. The number of amides is 1. The predicted octanol–water partition coefficient (Wildman–Crippen LogP) is 1.39. The van der Waals surface area contributed by atoms with Crippen molar-refractivity contribution >= 4 is 5.91 Å². The Morgan fingerprint density at radius 2 is 2.19 bits per heavy atom. The number of fused-ring (bicyclic) bond motifs is 1. The third-order valence-electron chi connectivity index (χ3n) is 3.56. The van der Waals surface area contributed by atoms with Crippen LogP contribution >= 0.6 is 0 Å². The minimum atomic E-state index is 0.212. The van der Waals surface area contributed by atoms with Gasteiger partial charge in [0.05, 0.1) is 0 Å². The molecular formula is C13H16N2O. The van der Waals surface area contributed by atoms with Gasteiger partial charge in [-0.1, -0.05) is 18.2 Å². The van der Waals surface area contributed by atoms with E-state index in [-0.39, 0.29) is 5.91 Å². The summed E-state index contributed by atoms with van der Waals surface area (Å²) in [5.41, 5.74) is 2.08. The summed E-state index contributed by atoms with van der Waals surface area (Å²) < 4.78 is 0. The third-order valence-corrected chi connectivity index (χ3v) is 3.56. The van der Waals surface area contributed by atoms with Gasteiger partial charge in [-0.2, -0.15) is 0 Å². The largest absolute Gasteiger partial charge is 0.330 e. The first-order valence-electron chi connectivity index (χ1n) is 5.96. The van der Waals surface area contributed by atoms with Crippen LogP contribution in [-0.4, -0.2) is 29.9 Å². The Balaban J connectivity index is 1.83. The van der Waals surface area contributed by atoms with Crippen LogP contribution in [0.15, 0.2) is 24.3 Å². The lowest BCUT2D eigenvalue weighted by atomic mass is 10.1. The molecule has 1 amide bonds. The number of nitrogens with zero attached hydrogens (tertiary/aromatic N) is 1. The minimum Gasteiger partial charge on any atom is -0.330 e. The van der Waals surface area contributed by atoms with E-state index in [1.807, 2.05) is 23.1 Å². The Hall–Kier alpha value is -1.35. The fraction of sp³-hybridized carbons (Fsp3) is 0.462. The highest BCUT2D eigenvalue weighted by Crippen LogP contribution is 2.26. The predicted molar refractivity (Wildman–Crippen MR) is 62.2 cm³/mol. The van der Waals surface area contributed by atoms with E-state index in [2.05, 4.69) is 11.4 Å². The molecule has 84 valence electrons. The molecule has 0 spiro atoms. The van der Waals surface area contributed by atoms with E-state index < -0.39 is 0 Å². The second-order valence-corrected chi connectivity index (χ2v) is 4.59. The lowest BCUT2D eigenvalue weighted by Crippen LogP contribution is -2.46. The van der Waals surface area contributed by atoms with Crippen LogP contribution in [0.1, 0.15) is 28.8 Å². The van der Waals surface area contributed by atoms with Crippen molar-refractivity contribution in [2.75, 3.05) is 13.1 Å². The van der Waals surface area contributed by atoms with Crippen LogP contribution in [0.5, 0.6) is 0 Å². The van der Waals surface area contributed by atoms with E-state index in [1.54, 1.807) is 0 Å². The smallest absolute Gasteiger partial charge is 0.254 e. The third kappa shape index (κ3) is 1.52. The SMILES string of the molecule is O=C1c2ccccc2CN1C1CCCNC1. The molecule has 1 saturated heterocycles. The zero-order chi connectivity index (χ0) is 11.0. The van der Waals surface area contributed by atoms with Crippen molar-refractivity contribution in [1.82, 2.24) is 10.2 Å². The molecule has 0 radical (unpaired) electrons. The first-order valence-corrected chi connectivity index (χ1v) is 5.96. The van der Waals surface area contributed by atoms with Crippen molar-refractivity contribution in [1.29, 1.82) is 0 Å². The summed E-state index contributed by atoms with van der Waals surface area (Å²) in [6.45, 7) is 2.83. The summed E-state index contributed by atoms with van der Waals surface area (Å²) in [5.74, 6) is 0.212. The monoisotopic (exact) mass is 216 g/mol. The fourth-order valence-electron chi connectivity index (χ4n) is 2.67. The summed E-state index contributed by atoms with van der Waals surface area (Å²) >= 11 is 0. The van der Waals surface area contributed by atoms with Gasteiger partial charge >= 0.3 is 0 Å². The number of nitrogens with one attached hydrogen (secondary N) is 1. The Morgan fingerprint density at radius 3 is 2.94 bits per heavy atom. The lowest BCUT2D eigenvalue weighted by molar-refractivity contribution is 0.0674. The maximum absolute atomic E-state index is 12.2. The number of hydrogen-bond acceptors (Lipinski definition) is 2. The first-order chi connectivity index (χ1) is 7.86. The number of rotatable bonds is 1. The standard InChI is InChI=1S/C13H16N2O/c16-13-12-6-2-1-4-10(12)9-15(13)11-5-3-7-14-8-11/h1-2,4,6,11,14H,3,5,7-9H2. The summed E-state index contributed by atoms with van der Waals surface area (Å²) in [4.78, 5) is 14.2. The molecular weight excluding hydrogens is 200 g/mol. The Bertz CT molecular complexity index is 410. The molecule has 1 unspecified atom stereocenters. The average molecular weight is 216 g/mol. The Kier molecular flexibility index (Phi) is 2.40. The van der Waals surface area contributed by atoms with Crippen LogP contribution in [0.2, 0.25) is 0 Å². The number of carbonyl (C=O) groups is 1. The zero-order valence-corrected chi connectivity index (χ0v) is 9.28. The van der Waals surface area contributed by atoms with Crippen LogP contribution in [-0.2, 0) is 6.54 Å². The van der Waals surface area contributed by atoms with E-state index >= 15 is 0 Å². The van der Waals surface area contributed by atoms with Crippen molar-refractivity contribution in [2.24, 2.45) is 0 Å². The van der Waals surface area contributed by atoms with Gasteiger partial charge in [0.15, 0.2) is 0 Å². The fourth-order valence-corrected chi connectivity index (χ4v) is 2.67. The summed E-state index contributed by atoms with van der Waals surface area (Å²) in [6, 6.07) is 8.33. The van der Waals surface area contributed by atoms with E-state index in [1.165, 1.54) is 12.0 Å². The number of carbonyl (C=O) groups excluding carboxylic acids is 1. The molecule has 3 nitrogen and oxygen atoms in total. The molecule has 16 heavy (non-hydrogen) atoms.